The van der Waals surface area contributed by atoms with Crippen molar-refractivity contribution in [1.29, 1.82) is 0 Å². The van der Waals surface area contributed by atoms with E-state index in [-0.39, 0.29) is 18.4 Å². The highest BCUT2D eigenvalue weighted by Crippen LogP contribution is 2.32. The molecule has 0 bridgehead atoms. The van der Waals surface area contributed by atoms with Gasteiger partial charge in [0, 0.05) is 31.9 Å². The number of rotatable bonds is 4. The lowest BCUT2D eigenvalue weighted by Crippen LogP contribution is -2.52. The molecule has 1 aliphatic carbocycles. The number of carbonyl (C=O) groups is 3. The summed E-state index contributed by atoms with van der Waals surface area (Å²) in [7, 11) is 1.64. The van der Waals surface area contributed by atoms with Gasteiger partial charge < -0.3 is 19.9 Å². The fourth-order valence-corrected chi connectivity index (χ4v) is 4.91. The van der Waals surface area contributed by atoms with Gasteiger partial charge in [-0.2, -0.15) is 0 Å². The Labute approximate surface area is 183 Å². The molecule has 1 N–H and O–H groups in total. The van der Waals surface area contributed by atoms with Crippen LogP contribution in [0.5, 0.6) is 5.75 Å². The first-order chi connectivity index (χ1) is 15.0. The van der Waals surface area contributed by atoms with Crippen molar-refractivity contribution in [3.05, 3.63) is 24.3 Å². The van der Waals surface area contributed by atoms with Gasteiger partial charge in [-0.3, -0.25) is 14.5 Å². The Morgan fingerprint density at radius 3 is 2.19 bits per heavy atom. The topological polar surface area (TPSA) is 82.2 Å². The van der Waals surface area contributed by atoms with Crippen molar-refractivity contribution in [2.24, 2.45) is 0 Å². The number of piperazine rings is 1. The summed E-state index contributed by atoms with van der Waals surface area (Å²) < 4.78 is 5.20. The zero-order chi connectivity index (χ0) is 21.8. The highest BCUT2D eigenvalue weighted by Gasteiger charge is 2.51. The number of carbonyl (C=O) groups excluding carboxylic acids is 3. The normalized spacial score (nSPS) is 21.6. The van der Waals surface area contributed by atoms with Crippen molar-refractivity contribution in [2.75, 3.05) is 44.7 Å². The van der Waals surface area contributed by atoms with Crippen LogP contribution in [0.15, 0.2) is 24.3 Å². The van der Waals surface area contributed by atoms with Crippen LogP contribution in [0.4, 0.5) is 10.5 Å². The van der Waals surface area contributed by atoms with Gasteiger partial charge in [0.15, 0.2) is 0 Å². The quantitative estimate of drug-likeness (QED) is 0.745. The summed E-state index contributed by atoms with van der Waals surface area (Å²) in [6.07, 6.45) is 6.56. The predicted octanol–water partition coefficient (Wildman–Crippen LogP) is 2.38. The zero-order valence-corrected chi connectivity index (χ0v) is 18.3. The lowest BCUT2D eigenvalue weighted by molar-refractivity contribution is -0.139. The first kappa shape index (κ1) is 21.5. The lowest BCUT2D eigenvalue weighted by Gasteiger charge is -2.36. The summed E-state index contributed by atoms with van der Waals surface area (Å²) in [5.74, 6) is 0.429. The number of ether oxygens (including phenoxy) is 1. The molecule has 0 unspecified atom stereocenters. The van der Waals surface area contributed by atoms with Gasteiger partial charge in [-0.25, -0.2) is 4.79 Å². The van der Waals surface area contributed by atoms with E-state index in [9.17, 15) is 14.4 Å². The Balaban J connectivity index is 1.33. The first-order valence-corrected chi connectivity index (χ1v) is 11.3. The maximum Gasteiger partial charge on any atom is 0.325 e. The minimum absolute atomic E-state index is 0.166. The average Bonchev–Trinajstić information content (AvgIpc) is 3.01. The number of nitrogens with zero attached hydrogens (tertiary/aromatic N) is 3. The molecule has 3 fully saturated rings. The second-order valence-corrected chi connectivity index (χ2v) is 8.74. The number of benzene rings is 1. The van der Waals surface area contributed by atoms with Gasteiger partial charge in [-0.05, 0) is 37.1 Å². The number of amides is 4. The summed E-state index contributed by atoms with van der Waals surface area (Å²) >= 11 is 0. The molecule has 168 valence electrons. The molecule has 0 aromatic heterocycles. The third-order valence-corrected chi connectivity index (χ3v) is 6.82. The average molecular weight is 429 g/mol. The Morgan fingerprint density at radius 2 is 1.58 bits per heavy atom. The van der Waals surface area contributed by atoms with Crippen molar-refractivity contribution in [2.45, 2.75) is 50.5 Å². The van der Waals surface area contributed by atoms with Gasteiger partial charge in [0.05, 0.1) is 7.11 Å². The second-order valence-electron chi connectivity index (χ2n) is 8.74. The summed E-state index contributed by atoms with van der Waals surface area (Å²) in [5, 5.41) is 2.93. The molecule has 31 heavy (non-hydrogen) atoms. The molecule has 1 aromatic carbocycles. The number of urea groups is 1. The standard InChI is InChI=1S/C23H32N4O4/c1-31-19-9-7-18(8-10-19)25-13-15-26(16-14-25)20(28)17-27-21(29)23(24-22(27)30)11-5-3-2-4-6-12-23/h7-10H,2-6,11-17H2,1H3,(H,24,30). The van der Waals surface area contributed by atoms with Crippen LogP contribution in [0.25, 0.3) is 0 Å². The van der Waals surface area contributed by atoms with Crippen molar-refractivity contribution in [3.63, 3.8) is 0 Å². The molecular formula is C23H32N4O4. The van der Waals surface area contributed by atoms with Crippen molar-refractivity contribution in [1.82, 2.24) is 15.1 Å². The molecule has 4 amide bonds. The first-order valence-electron chi connectivity index (χ1n) is 11.3. The van der Waals surface area contributed by atoms with Gasteiger partial charge in [0.1, 0.15) is 17.8 Å². The Morgan fingerprint density at radius 1 is 0.968 bits per heavy atom. The predicted molar refractivity (Wildman–Crippen MR) is 117 cm³/mol. The molecule has 0 radical (unpaired) electrons. The number of hydrogen-bond donors (Lipinski definition) is 1. The van der Waals surface area contributed by atoms with Gasteiger partial charge in [-0.15, -0.1) is 0 Å². The van der Waals surface area contributed by atoms with Crippen LogP contribution in [-0.2, 0) is 9.59 Å². The third-order valence-electron chi connectivity index (χ3n) is 6.82. The van der Waals surface area contributed by atoms with E-state index in [0.29, 0.717) is 39.0 Å². The van der Waals surface area contributed by atoms with Gasteiger partial charge in [0.2, 0.25) is 5.91 Å². The maximum atomic E-state index is 13.1. The van der Waals surface area contributed by atoms with Gasteiger partial charge in [0.25, 0.3) is 5.91 Å². The molecule has 8 heteroatoms. The van der Waals surface area contributed by atoms with E-state index in [1.165, 1.54) is 6.42 Å². The molecule has 0 atom stereocenters. The Hall–Kier alpha value is -2.77. The van der Waals surface area contributed by atoms with Crippen LogP contribution >= 0.6 is 0 Å². The molecular weight excluding hydrogens is 396 g/mol. The van der Waals surface area contributed by atoms with E-state index < -0.39 is 11.6 Å². The van der Waals surface area contributed by atoms with E-state index in [4.69, 9.17) is 4.74 Å². The minimum atomic E-state index is -0.801. The number of imide groups is 1. The Bertz CT molecular complexity index is 809. The number of hydrogen-bond acceptors (Lipinski definition) is 5. The largest absolute Gasteiger partial charge is 0.497 e. The highest BCUT2D eigenvalue weighted by atomic mass is 16.5. The third kappa shape index (κ3) is 4.48. The molecule has 8 nitrogen and oxygen atoms in total. The van der Waals surface area contributed by atoms with Crippen LogP contribution < -0.4 is 15.0 Å². The van der Waals surface area contributed by atoms with Gasteiger partial charge in [-0.1, -0.05) is 32.1 Å². The molecule has 3 aliphatic rings. The molecule has 2 aliphatic heterocycles. The molecule has 4 rings (SSSR count). The van der Waals surface area contributed by atoms with Gasteiger partial charge >= 0.3 is 6.03 Å². The molecule has 2 heterocycles. The van der Waals surface area contributed by atoms with E-state index in [1.807, 2.05) is 24.3 Å². The lowest BCUT2D eigenvalue weighted by atomic mass is 9.84. The molecule has 2 saturated heterocycles. The van der Waals surface area contributed by atoms with Crippen molar-refractivity contribution >= 4 is 23.5 Å². The van der Waals surface area contributed by atoms with E-state index in [0.717, 1.165) is 42.0 Å². The van der Waals surface area contributed by atoms with Crippen molar-refractivity contribution in [3.8, 4) is 5.75 Å². The van der Waals surface area contributed by atoms with Crippen LogP contribution in [0, 0.1) is 0 Å². The number of methoxy groups -OCH3 is 1. The zero-order valence-electron chi connectivity index (χ0n) is 18.3. The maximum absolute atomic E-state index is 13.1. The Kier molecular flexibility index (Phi) is 6.34. The number of anilines is 1. The summed E-state index contributed by atoms with van der Waals surface area (Å²) in [4.78, 5) is 43.7. The smallest absolute Gasteiger partial charge is 0.325 e. The summed E-state index contributed by atoms with van der Waals surface area (Å²) in [6.45, 7) is 2.39. The van der Waals surface area contributed by atoms with Crippen LogP contribution in [-0.4, -0.2) is 73.0 Å². The van der Waals surface area contributed by atoms with Crippen molar-refractivity contribution < 1.29 is 19.1 Å². The second kappa shape index (κ2) is 9.16. The fourth-order valence-electron chi connectivity index (χ4n) is 4.91. The van der Waals surface area contributed by atoms with Crippen LogP contribution in [0.1, 0.15) is 44.9 Å². The minimum Gasteiger partial charge on any atom is -0.497 e. The van der Waals surface area contributed by atoms with Crippen LogP contribution in [0.2, 0.25) is 0 Å². The fraction of sp³-hybridized carbons (Fsp3) is 0.609. The van der Waals surface area contributed by atoms with E-state index >= 15 is 0 Å². The summed E-state index contributed by atoms with van der Waals surface area (Å²) in [6, 6.07) is 7.46. The van der Waals surface area contributed by atoms with Crippen LogP contribution in [0.3, 0.4) is 0 Å². The SMILES string of the molecule is COc1ccc(N2CCN(C(=O)CN3C(=O)NC4(CCCCCCC4)C3=O)CC2)cc1. The van der Waals surface area contributed by atoms with E-state index in [1.54, 1.807) is 12.0 Å². The molecule has 1 spiro atoms. The highest BCUT2D eigenvalue weighted by molar-refractivity contribution is 6.09. The molecule has 1 saturated carbocycles. The van der Waals surface area contributed by atoms with E-state index in [2.05, 4.69) is 10.2 Å². The summed E-state index contributed by atoms with van der Waals surface area (Å²) in [5.41, 5.74) is 0.290. The monoisotopic (exact) mass is 428 g/mol. The molecule has 1 aromatic rings. The number of nitrogens with one attached hydrogen (secondary N) is 1.